The minimum atomic E-state index is -1.07. The van der Waals surface area contributed by atoms with E-state index in [0.717, 1.165) is 12.8 Å². The van der Waals surface area contributed by atoms with Gasteiger partial charge in [0.05, 0.1) is 18.8 Å². The molecule has 1 aromatic heterocycles. The Labute approximate surface area is 100 Å². The summed E-state index contributed by atoms with van der Waals surface area (Å²) in [4.78, 5) is 10.6. The highest BCUT2D eigenvalue weighted by atomic mass is 16.4. The molecule has 0 amide bonds. The molecule has 92 valence electrons. The standard InChI is InChI=1S/C11H16N4O2/c1-3-5-9(4-2)12-6-7-15-8-10(11(16)17)13-14-15/h2,8-9,12H,3,5-7H2,1H3,(H,16,17). The quantitative estimate of drug-likeness (QED) is 0.668. The Morgan fingerprint density at radius 3 is 3.06 bits per heavy atom. The van der Waals surface area contributed by atoms with Gasteiger partial charge in [0.15, 0.2) is 5.69 Å². The Morgan fingerprint density at radius 2 is 2.53 bits per heavy atom. The highest BCUT2D eigenvalue weighted by Crippen LogP contribution is 1.95. The van der Waals surface area contributed by atoms with E-state index in [2.05, 4.69) is 28.5 Å². The highest BCUT2D eigenvalue weighted by molar-refractivity contribution is 5.84. The monoisotopic (exact) mass is 236 g/mol. The molecule has 1 atom stereocenters. The fourth-order valence-corrected chi connectivity index (χ4v) is 1.39. The normalized spacial score (nSPS) is 12.0. The Kier molecular flexibility index (Phi) is 5.17. The minimum Gasteiger partial charge on any atom is -0.476 e. The molecule has 0 radical (unpaired) electrons. The van der Waals surface area contributed by atoms with E-state index in [-0.39, 0.29) is 11.7 Å². The average Bonchev–Trinajstić information content (AvgIpc) is 2.77. The van der Waals surface area contributed by atoms with Crippen LogP contribution in [0, 0.1) is 12.3 Å². The van der Waals surface area contributed by atoms with Crippen LogP contribution in [0.3, 0.4) is 0 Å². The molecule has 0 bridgehead atoms. The number of carboxylic acids is 1. The summed E-state index contributed by atoms with van der Waals surface area (Å²) >= 11 is 0. The first-order chi connectivity index (χ1) is 8.17. The number of nitrogens with zero attached hydrogens (tertiary/aromatic N) is 3. The van der Waals surface area contributed by atoms with Crippen LogP contribution in [0.1, 0.15) is 30.3 Å². The summed E-state index contributed by atoms with van der Waals surface area (Å²) in [5.74, 6) is 1.59. The molecule has 1 aromatic rings. The van der Waals surface area contributed by atoms with E-state index in [9.17, 15) is 4.79 Å². The number of aromatic carboxylic acids is 1. The molecule has 17 heavy (non-hydrogen) atoms. The molecule has 2 N–H and O–H groups in total. The van der Waals surface area contributed by atoms with E-state index in [0.29, 0.717) is 13.1 Å². The molecule has 0 fully saturated rings. The summed E-state index contributed by atoms with van der Waals surface area (Å²) in [6, 6.07) is 0.0578. The first-order valence-electron chi connectivity index (χ1n) is 5.50. The van der Waals surface area contributed by atoms with E-state index in [1.165, 1.54) is 10.9 Å². The Hall–Kier alpha value is -1.87. The van der Waals surface area contributed by atoms with E-state index in [1.54, 1.807) is 0 Å². The zero-order valence-electron chi connectivity index (χ0n) is 9.76. The van der Waals surface area contributed by atoms with E-state index in [4.69, 9.17) is 11.5 Å². The van der Waals surface area contributed by atoms with Gasteiger partial charge in [-0.2, -0.15) is 0 Å². The zero-order chi connectivity index (χ0) is 12.7. The van der Waals surface area contributed by atoms with E-state index >= 15 is 0 Å². The van der Waals surface area contributed by atoms with Crippen molar-refractivity contribution in [2.75, 3.05) is 6.54 Å². The largest absolute Gasteiger partial charge is 0.476 e. The van der Waals surface area contributed by atoms with Crippen molar-refractivity contribution in [1.29, 1.82) is 0 Å². The molecule has 0 aromatic carbocycles. The molecule has 0 saturated carbocycles. The van der Waals surface area contributed by atoms with Gasteiger partial charge in [0.1, 0.15) is 0 Å². The lowest BCUT2D eigenvalue weighted by molar-refractivity contribution is 0.0690. The van der Waals surface area contributed by atoms with Crippen molar-refractivity contribution >= 4 is 5.97 Å². The maximum Gasteiger partial charge on any atom is 0.358 e. The fraction of sp³-hybridized carbons (Fsp3) is 0.545. The number of nitrogens with one attached hydrogen (secondary N) is 1. The molecule has 0 saturated heterocycles. The van der Waals surface area contributed by atoms with Crippen molar-refractivity contribution in [3.05, 3.63) is 11.9 Å². The third kappa shape index (κ3) is 4.25. The third-order valence-electron chi connectivity index (χ3n) is 2.27. The third-order valence-corrected chi connectivity index (χ3v) is 2.27. The van der Waals surface area contributed by atoms with Crippen LogP contribution in [0.25, 0.3) is 0 Å². The van der Waals surface area contributed by atoms with Crippen LogP contribution in [0.4, 0.5) is 0 Å². The number of hydrogen-bond acceptors (Lipinski definition) is 4. The minimum absolute atomic E-state index is 0.0490. The predicted octanol–water partition coefficient (Wildman–Crippen LogP) is 0.368. The van der Waals surface area contributed by atoms with Crippen LogP contribution >= 0.6 is 0 Å². The first kappa shape index (κ1) is 13.2. The predicted molar refractivity (Wildman–Crippen MR) is 62.5 cm³/mol. The SMILES string of the molecule is C#CC(CCC)NCCn1cc(C(=O)O)nn1. The highest BCUT2D eigenvalue weighted by Gasteiger charge is 2.08. The molecule has 6 heteroatoms. The molecule has 1 rings (SSSR count). The molecule has 6 nitrogen and oxygen atoms in total. The van der Waals surface area contributed by atoms with Gasteiger partial charge < -0.3 is 10.4 Å². The van der Waals surface area contributed by atoms with Crippen molar-refractivity contribution in [3.63, 3.8) is 0 Å². The van der Waals surface area contributed by atoms with Crippen molar-refractivity contribution in [1.82, 2.24) is 20.3 Å². The van der Waals surface area contributed by atoms with Gasteiger partial charge in [-0.3, -0.25) is 4.68 Å². The molecule has 0 aliphatic rings. The number of aromatic nitrogens is 3. The van der Waals surface area contributed by atoms with Crippen molar-refractivity contribution < 1.29 is 9.90 Å². The lowest BCUT2D eigenvalue weighted by Gasteiger charge is -2.11. The second-order valence-corrected chi connectivity index (χ2v) is 3.63. The van der Waals surface area contributed by atoms with Gasteiger partial charge >= 0.3 is 5.97 Å². The number of hydrogen-bond donors (Lipinski definition) is 2. The number of terminal acetylenes is 1. The van der Waals surface area contributed by atoms with E-state index < -0.39 is 5.97 Å². The fourth-order valence-electron chi connectivity index (χ4n) is 1.39. The van der Waals surface area contributed by atoms with Gasteiger partial charge in [0.2, 0.25) is 0 Å². The number of rotatable bonds is 7. The van der Waals surface area contributed by atoms with Crippen LogP contribution in [-0.4, -0.2) is 38.7 Å². The van der Waals surface area contributed by atoms with Crippen LogP contribution < -0.4 is 5.32 Å². The van der Waals surface area contributed by atoms with Crippen molar-refractivity contribution in [2.24, 2.45) is 0 Å². The zero-order valence-corrected chi connectivity index (χ0v) is 9.76. The number of carboxylic acid groups (broad SMARTS) is 1. The molecule has 0 aliphatic carbocycles. The summed E-state index contributed by atoms with van der Waals surface area (Å²) in [5.41, 5.74) is -0.0490. The second-order valence-electron chi connectivity index (χ2n) is 3.63. The van der Waals surface area contributed by atoms with Crippen LogP contribution in [0.2, 0.25) is 0 Å². The van der Waals surface area contributed by atoms with Gasteiger partial charge in [-0.25, -0.2) is 4.79 Å². The maximum atomic E-state index is 10.6. The average molecular weight is 236 g/mol. The maximum absolute atomic E-state index is 10.6. The van der Waals surface area contributed by atoms with Crippen LogP contribution in [-0.2, 0) is 6.54 Å². The van der Waals surface area contributed by atoms with Crippen molar-refractivity contribution in [2.45, 2.75) is 32.4 Å². The molecular formula is C11H16N4O2. The Bertz CT molecular complexity index is 408. The van der Waals surface area contributed by atoms with Gasteiger partial charge in [-0.1, -0.05) is 24.5 Å². The topological polar surface area (TPSA) is 80.0 Å². The summed E-state index contributed by atoms with van der Waals surface area (Å²) < 4.78 is 1.48. The van der Waals surface area contributed by atoms with Gasteiger partial charge in [0.25, 0.3) is 0 Å². The summed E-state index contributed by atoms with van der Waals surface area (Å²) in [6.45, 7) is 3.25. The van der Waals surface area contributed by atoms with Gasteiger partial charge in [0, 0.05) is 6.54 Å². The molecular weight excluding hydrogens is 220 g/mol. The summed E-state index contributed by atoms with van der Waals surface area (Å²) in [6.07, 6.45) is 8.70. The summed E-state index contributed by atoms with van der Waals surface area (Å²) in [7, 11) is 0. The Balaban J connectivity index is 2.35. The number of carbonyl (C=O) groups is 1. The first-order valence-corrected chi connectivity index (χ1v) is 5.50. The van der Waals surface area contributed by atoms with Crippen LogP contribution in [0.15, 0.2) is 6.20 Å². The van der Waals surface area contributed by atoms with Gasteiger partial charge in [-0.05, 0) is 6.42 Å². The molecule has 1 heterocycles. The molecule has 1 unspecified atom stereocenters. The lowest BCUT2D eigenvalue weighted by Crippen LogP contribution is -2.30. The second kappa shape index (κ2) is 6.66. The molecule has 0 spiro atoms. The van der Waals surface area contributed by atoms with Gasteiger partial charge in [-0.15, -0.1) is 11.5 Å². The van der Waals surface area contributed by atoms with Crippen LogP contribution in [0.5, 0.6) is 0 Å². The molecule has 0 aliphatic heterocycles. The van der Waals surface area contributed by atoms with Crippen molar-refractivity contribution in [3.8, 4) is 12.3 Å². The summed E-state index contributed by atoms with van der Waals surface area (Å²) in [5, 5.41) is 19.1. The van der Waals surface area contributed by atoms with E-state index in [1.807, 2.05) is 0 Å². The lowest BCUT2D eigenvalue weighted by atomic mass is 10.2. The smallest absolute Gasteiger partial charge is 0.358 e. The Morgan fingerprint density at radius 1 is 1.76 bits per heavy atom.